The van der Waals surface area contributed by atoms with Crippen molar-refractivity contribution < 1.29 is 18.7 Å². The molecule has 0 fully saturated rings. The molecule has 17 heavy (non-hydrogen) atoms. The lowest BCUT2D eigenvalue weighted by Gasteiger charge is -2.10. The summed E-state index contributed by atoms with van der Waals surface area (Å²) in [6.07, 6.45) is 0.703. The zero-order chi connectivity index (χ0) is 12.7. The van der Waals surface area contributed by atoms with Crippen molar-refractivity contribution >= 4 is 21.9 Å². The topological polar surface area (TPSA) is 35.5 Å². The Morgan fingerprint density at radius 1 is 1.47 bits per heavy atom. The van der Waals surface area contributed by atoms with Crippen LogP contribution in [0.15, 0.2) is 22.7 Å². The number of hydrogen-bond donors (Lipinski definition) is 0. The molecule has 3 nitrogen and oxygen atoms in total. The fourth-order valence-electron chi connectivity index (χ4n) is 1.44. The lowest BCUT2D eigenvalue weighted by molar-refractivity contribution is -0.143. The minimum Gasteiger partial charge on any atom is -0.466 e. The molecule has 0 heterocycles. The van der Waals surface area contributed by atoms with E-state index in [9.17, 15) is 9.18 Å². The first-order valence-corrected chi connectivity index (χ1v) is 6.10. The summed E-state index contributed by atoms with van der Waals surface area (Å²) in [6, 6.07) is 5.25. The van der Waals surface area contributed by atoms with Crippen molar-refractivity contribution in [3.05, 3.63) is 28.2 Å². The molecule has 1 aromatic rings. The van der Waals surface area contributed by atoms with E-state index in [1.165, 1.54) is 0 Å². The molecule has 0 saturated heterocycles. The number of benzene rings is 1. The van der Waals surface area contributed by atoms with E-state index in [4.69, 9.17) is 9.47 Å². The molecule has 5 heteroatoms. The number of carbonyl (C=O) groups is 1. The van der Waals surface area contributed by atoms with Gasteiger partial charge in [-0.3, -0.25) is 4.79 Å². The Hall–Kier alpha value is -1.10. The van der Waals surface area contributed by atoms with E-state index in [2.05, 4.69) is 15.9 Å². The largest absolute Gasteiger partial charge is 0.466 e. The lowest BCUT2D eigenvalue weighted by Crippen LogP contribution is -2.06. The molecule has 1 rings (SSSR count). The van der Waals surface area contributed by atoms with Gasteiger partial charge in [0, 0.05) is 16.5 Å². The van der Waals surface area contributed by atoms with Gasteiger partial charge < -0.3 is 9.47 Å². The molecule has 0 bridgehead atoms. The quantitative estimate of drug-likeness (QED) is 0.757. The van der Waals surface area contributed by atoms with Crippen LogP contribution < -0.4 is 4.74 Å². The van der Waals surface area contributed by atoms with E-state index in [1.54, 1.807) is 19.1 Å². The molecular weight excluding hydrogens is 291 g/mol. The first-order valence-electron chi connectivity index (χ1n) is 5.30. The van der Waals surface area contributed by atoms with Gasteiger partial charge in [0.05, 0.1) is 6.61 Å². The molecule has 1 aromatic carbocycles. The van der Waals surface area contributed by atoms with E-state index in [-0.39, 0.29) is 12.4 Å². The van der Waals surface area contributed by atoms with Gasteiger partial charge in [0.15, 0.2) is 0 Å². The molecule has 0 saturated carbocycles. The first kappa shape index (κ1) is 14.0. The Morgan fingerprint density at radius 3 is 2.88 bits per heavy atom. The van der Waals surface area contributed by atoms with Crippen LogP contribution in [-0.2, 0) is 16.0 Å². The third-order valence-electron chi connectivity index (χ3n) is 2.17. The molecule has 94 valence electrons. The van der Waals surface area contributed by atoms with Crippen LogP contribution in [0.25, 0.3) is 0 Å². The molecular formula is C12H14BrFO3. The Bertz CT molecular complexity index is 382. The second-order valence-electron chi connectivity index (χ2n) is 3.27. The third kappa shape index (κ3) is 4.34. The minimum atomic E-state index is -0.886. The summed E-state index contributed by atoms with van der Waals surface area (Å²) >= 11 is 3.35. The average molecular weight is 305 g/mol. The number of alkyl halides is 1. The van der Waals surface area contributed by atoms with Crippen molar-refractivity contribution in [3.8, 4) is 5.75 Å². The van der Waals surface area contributed by atoms with E-state index in [1.807, 2.05) is 6.07 Å². The number of ether oxygens (including phenoxy) is 2. The van der Waals surface area contributed by atoms with E-state index in [0.29, 0.717) is 18.8 Å². The summed E-state index contributed by atoms with van der Waals surface area (Å²) in [7, 11) is 0. The summed E-state index contributed by atoms with van der Waals surface area (Å²) in [5.41, 5.74) is 0.776. The lowest BCUT2D eigenvalue weighted by atomic mass is 10.1. The average Bonchev–Trinajstić information content (AvgIpc) is 2.29. The summed E-state index contributed by atoms with van der Waals surface area (Å²) in [6.45, 7) is 1.24. The second-order valence-corrected chi connectivity index (χ2v) is 4.13. The predicted octanol–water partition coefficient (Wildman–Crippen LogP) is 3.25. The SMILES string of the molecule is CCOC(=O)CCc1c(Br)cccc1OCF. The van der Waals surface area contributed by atoms with Crippen molar-refractivity contribution in [2.45, 2.75) is 19.8 Å². The maximum Gasteiger partial charge on any atom is 0.306 e. The van der Waals surface area contributed by atoms with Gasteiger partial charge in [-0.2, -0.15) is 0 Å². The van der Waals surface area contributed by atoms with Gasteiger partial charge in [0.25, 0.3) is 0 Å². The molecule has 0 amide bonds. The summed E-state index contributed by atoms with van der Waals surface area (Å²) in [4.78, 5) is 11.2. The number of halogens is 2. The highest BCUT2D eigenvalue weighted by Gasteiger charge is 2.10. The van der Waals surface area contributed by atoms with Gasteiger partial charge in [-0.25, -0.2) is 4.39 Å². The maximum atomic E-state index is 12.2. The van der Waals surface area contributed by atoms with Crippen LogP contribution in [0, 0.1) is 0 Å². The highest BCUT2D eigenvalue weighted by molar-refractivity contribution is 9.10. The van der Waals surface area contributed by atoms with Crippen LogP contribution in [0.3, 0.4) is 0 Å². The molecule has 0 aromatic heterocycles. The van der Waals surface area contributed by atoms with Crippen molar-refractivity contribution in [2.24, 2.45) is 0 Å². The molecule has 0 aliphatic heterocycles. The fourth-order valence-corrected chi connectivity index (χ4v) is 1.98. The molecule has 0 radical (unpaired) electrons. The van der Waals surface area contributed by atoms with Crippen LogP contribution in [0.5, 0.6) is 5.75 Å². The number of rotatable bonds is 6. The Balaban J connectivity index is 2.71. The normalized spacial score (nSPS) is 10.1. The number of hydrogen-bond acceptors (Lipinski definition) is 3. The zero-order valence-electron chi connectivity index (χ0n) is 9.54. The van der Waals surface area contributed by atoms with Crippen LogP contribution >= 0.6 is 15.9 Å². The number of esters is 1. The molecule has 0 aliphatic rings. The molecule has 0 aliphatic carbocycles. The van der Waals surface area contributed by atoms with Crippen molar-refractivity contribution in [1.82, 2.24) is 0 Å². The van der Waals surface area contributed by atoms with Crippen LogP contribution in [-0.4, -0.2) is 19.4 Å². The smallest absolute Gasteiger partial charge is 0.306 e. The Morgan fingerprint density at radius 2 is 2.24 bits per heavy atom. The highest BCUT2D eigenvalue weighted by atomic mass is 79.9. The second kappa shape index (κ2) is 7.27. The minimum absolute atomic E-state index is 0.249. The van der Waals surface area contributed by atoms with Gasteiger partial charge in [-0.05, 0) is 25.5 Å². The van der Waals surface area contributed by atoms with E-state index < -0.39 is 6.86 Å². The molecule has 0 unspecified atom stereocenters. The van der Waals surface area contributed by atoms with Crippen molar-refractivity contribution in [1.29, 1.82) is 0 Å². The van der Waals surface area contributed by atoms with E-state index in [0.717, 1.165) is 10.0 Å². The predicted molar refractivity (Wildman–Crippen MR) is 65.7 cm³/mol. The Kier molecular flexibility index (Phi) is 5.97. The molecule has 0 atom stereocenters. The molecule has 0 spiro atoms. The number of carbonyl (C=O) groups excluding carboxylic acids is 1. The van der Waals surface area contributed by atoms with Gasteiger partial charge in [0.2, 0.25) is 6.86 Å². The van der Waals surface area contributed by atoms with Gasteiger partial charge in [0.1, 0.15) is 5.75 Å². The Labute approximate surface area is 108 Å². The first-order chi connectivity index (χ1) is 8.19. The van der Waals surface area contributed by atoms with Crippen LogP contribution in [0.1, 0.15) is 18.9 Å². The zero-order valence-corrected chi connectivity index (χ0v) is 11.1. The van der Waals surface area contributed by atoms with E-state index >= 15 is 0 Å². The summed E-state index contributed by atoms with van der Waals surface area (Å²) < 4.78 is 22.7. The standard InChI is InChI=1S/C12H14BrFO3/c1-2-16-12(15)7-6-9-10(13)4-3-5-11(9)17-8-14/h3-5H,2,6-8H2,1H3. The monoisotopic (exact) mass is 304 g/mol. The van der Waals surface area contributed by atoms with Crippen molar-refractivity contribution in [3.63, 3.8) is 0 Å². The maximum absolute atomic E-state index is 12.2. The van der Waals surface area contributed by atoms with Gasteiger partial charge >= 0.3 is 5.97 Å². The van der Waals surface area contributed by atoms with Crippen molar-refractivity contribution in [2.75, 3.05) is 13.5 Å². The summed E-state index contributed by atoms with van der Waals surface area (Å²) in [5, 5.41) is 0. The van der Waals surface area contributed by atoms with Gasteiger partial charge in [-0.15, -0.1) is 0 Å². The fraction of sp³-hybridized carbons (Fsp3) is 0.417. The third-order valence-corrected chi connectivity index (χ3v) is 2.91. The van der Waals surface area contributed by atoms with Gasteiger partial charge in [-0.1, -0.05) is 22.0 Å². The molecule has 0 N–H and O–H groups in total. The highest BCUT2D eigenvalue weighted by Crippen LogP contribution is 2.28. The van der Waals surface area contributed by atoms with Crippen LogP contribution in [0.4, 0.5) is 4.39 Å². The van der Waals surface area contributed by atoms with Crippen LogP contribution in [0.2, 0.25) is 0 Å². The summed E-state index contributed by atoms with van der Waals surface area (Å²) in [5.74, 6) is 0.181.